The Kier molecular flexibility index (Phi) is 7.31. The molecular formula is C22H33FN6O. The second-order valence-corrected chi connectivity index (χ2v) is 7.68. The third-order valence-corrected chi connectivity index (χ3v) is 5.67. The average molecular weight is 417 g/mol. The molecule has 0 unspecified atom stereocenters. The molecule has 8 heteroatoms. The van der Waals surface area contributed by atoms with Crippen LogP contribution in [-0.2, 0) is 20.1 Å². The van der Waals surface area contributed by atoms with Gasteiger partial charge in [0.05, 0.1) is 19.3 Å². The molecule has 1 saturated heterocycles. The van der Waals surface area contributed by atoms with Crippen LogP contribution in [0.15, 0.2) is 23.2 Å². The van der Waals surface area contributed by atoms with Gasteiger partial charge in [0, 0.05) is 57.6 Å². The van der Waals surface area contributed by atoms with Crippen molar-refractivity contribution in [3.8, 4) is 5.75 Å². The highest BCUT2D eigenvalue weighted by Crippen LogP contribution is 2.19. The summed E-state index contributed by atoms with van der Waals surface area (Å²) in [5, 5.41) is 7.91. The highest BCUT2D eigenvalue weighted by atomic mass is 19.1. The summed E-state index contributed by atoms with van der Waals surface area (Å²) in [5.74, 6) is 0.917. The van der Waals surface area contributed by atoms with Crippen molar-refractivity contribution in [3.05, 3.63) is 46.5 Å². The standard InChI is InChI=1S/C22H33FN6O/c1-6-24-22(25-14-19-16(2)26-27(4)17(19)3)29-11-9-28(10-12-29)15-18-7-8-21(30-5)20(23)13-18/h7-8,13H,6,9-12,14-15H2,1-5H3,(H,24,25). The summed E-state index contributed by atoms with van der Waals surface area (Å²) in [4.78, 5) is 9.52. The van der Waals surface area contributed by atoms with Crippen molar-refractivity contribution in [1.29, 1.82) is 0 Å². The first-order chi connectivity index (χ1) is 14.4. The summed E-state index contributed by atoms with van der Waals surface area (Å²) in [7, 11) is 3.45. The summed E-state index contributed by atoms with van der Waals surface area (Å²) < 4.78 is 20.9. The van der Waals surface area contributed by atoms with Crippen LogP contribution in [0.25, 0.3) is 0 Å². The molecule has 7 nitrogen and oxygen atoms in total. The normalized spacial score (nSPS) is 15.5. The summed E-state index contributed by atoms with van der Waals surface area (Å²) in [5.41, 5.74) is 4.34. The number of benzene rings is 1. The quantitative estimate of drug-likeness (QED) is 0.579. The molecule has 0 bridgehead atoms. The molecule has 1 aromatic carbocycles. The van der Waals surface area contributed by atoms with E-state index >= 15 is 0 Å². The van der Waals surface area contributed by atoms with Crippen molar-refractivity contribution in [3.63, 3.8) is 0 Å². The Hall–Kier alpha value is -2.61. The fraction of sp³-hybridized carbons (Fsp3) is 0.545. The molecule has 0 saturated carbocycles. The van der Waals surface area contributed by atoms with Crippen LogP contribution < -0.4 is 10.1 Å². The van der Waals surface area contributed by atoms with E-state index in [1.165, 1.54) is 12.7 Å². The fourth-order valence-electron chi connectivity index (χ4n) is 3.81. The fourth-order valence-corrected chi connectivity index (χ4v) is 3.81. The third kappa shape index (κ3) is 5.11. The van der Waals surface area contributed by atoms with Crippen LogP contribution in [0, 0.1) is 19.7 Å². The van der Waals surface area contributed by atoms with Crippen molar-refractivity contribution in [1.82, 2.24) is 24.9 Å². The number of piperazine rings is 1. The molecular weight excluding hydrogens is 383 g/mol. The van der Waals surface area contributed by atoms with Crippen LogP contribution in [0.5, 0.6) is 5.75 Å². The second-order valence-electron chi connectivity index (χ2n) is 7.68. The molecule has 0 aliphatic carbocycles. The van der Waals surface area contributed by atoms with Crippen molar-refractivity contribution in [2.45, 2.75) is 33.9 Å². The Morgan fingerprint density at radius 1 is 1.23 bits per heavy atom. The number of ether oxygens (including phenoxy) is 1. The van der Waals surface area contributed by atoms with E-state index in [0.717, 1.165) is 62.2 Å². The number of aromatic nitrogens is 2. The van der Waals surface area contributed by atoms with Crippen LogP contribution >= 0.6 is 0 Å². The summed E-state index contributed by atoms with van der Waals surface area (Å²) >= 11 is 0. The van der Waals surface area contributed by atoms with E-state index < -0.39 is 0 Å². The first kappa shape index (κ1) is 22.1. The van der Waals surface area contributed by atoms with Gasteiger partial charge < -0.3 is 15.0 Å². The molecule has 0 spiro atoms. The van der Waals surface area contributed by atoms with Gasteiger partial charge in [-0.2, -0.15) is 5.10 Å². The Balaban J connectivity index is 1.60. The number of hydrogen-bond donors (Lipinski definition) is 1. The molecule has 2 heterocycles. The van der Waals surface area contributed by atoms with Gasteiger partial charge in [0.25, 0.3) is 0 Å². The van der Waals surface area contributed by atoms with E-state index in [1.807, 2.05) is 24.7 Å². The maximum Gasteiger partial charge on any atom is 0.194 e. The van der Waals surface area contributed by atoms with E-state index in [0.29, 0.717) is 6.54 Å². The first-order valence-electron chi connectivity index (χ1n) is 10.5. The van der Waals surface area contributed by atoms with Crippen LogP contribution in [0.2, 0.25) is 0 Å². The maximum atomic E-state index is 14.0. The van der Waals surface area contributed by atoms with Crippen LogP contribution in [0.1, 0.15) is 29.4 Å². The van der Waals surface area contributed by atoms with Gasteiger partial charge in [-0.1, -0.05) is 6.07 Å². The van der Waals surface area contributed by atoms with Gasteiger partial charge in [-0.15, -0.1) is 0 Å². The minimum absolute atomic E-state index is 0.286. The second kappa shape index (κ2) is 9.93. The minimum Gasteiger partial charge on any atom is -0.494 e. The Labute approximate surface area is 178 Å². The van der Waals surface area contributed by atoms with Gasteiger partial charge in [0.1, 0.15) is 0 Å². The van der Waals surface area contributed by atoms with Crippen LogP contribution in [0.4, 0.5) is 4.39 Å². The molecule has 1 aliphatic heterocycles. The van der Waals surface area contributed by atoms with Crippen molar-refractivity contribution < 1.29 is 9.13 Å². The molecule has 1 N–H and O–H groups in total. The zero-order chi connectivity index (χ0) is 21.7. The smallest absolute Gasteiger partial charge is 0.194 e. The zero-order valence-corrected chi connectivity index (χ0v) is 18.7. The average Bonchev–Trinajstić information content (AvgIpc) is 2.97. The summed E-state index contributed by atoms with van der Waals surface area (Å²) in [6, 6.07) is 5.19. The Morgan fingerprint density at radius 3 is 2.53 bits per heavy atom. The predicted molar refractivity (Wildman–Crippen MR) is 117 cm³/mol. The van der Waals surface area contributed by atoms with Gasteiger partial charge in [0.2, 0.25) is 0 Å². The molecule has 0 amide bonds. The van der Waals surface area contributed by atoms with E-state index in [2.05, 4.69) is 34.1 Å². The molecule has 3 rings (SSSR count). The minimum atomic E-state index is -0.309. The van der Waals surface area contributed by atoms with Crippen LogP contribution in [-0.4, -0.2) is 65.4 Å². The Bertz CT molecular complexity index is 886. The Morgan fingerprint density at radius 2 is 1.97 bits per heavy atom. The highest BCUT2D eigenvalue weighted by molar-refractivity contribution is 5.80. The first-order valence-corrected chi connectivity index (χ1v) is 10.5. The topological polar surface area (TPSA) is 57.9 Å². The van der Waals surface area contributed by atoms with E-state index in [9.17, 15) is 4.39 Å². The van der Waals surface area contributed by atoms with Gasteiger partial charge >= 0.3 is 0 Å². The number of hydrogen-bond acceptors (Lipinski definition) is 4. The number of rotatable bonds is 6. The maximum absolute atomic E-state index is 14.0. The third-order valence-electron chi connectivity index (χ3n) is 5.67. The summed E-state index contributed by atoms with van der Waals surface area (Å²) in [6.45, 7) is 12.0. The lowest BCUT2D eigenvalue weighted by molar-refractivity contribution is 0.172. The largest absolute Gasteiger partial charge is 0.494 e. The highest BCUT2D eigenvalue weighted by Gasteiger charge is 2.20. The molecule has 1 aliphatic rings. The molecule has 1 fully saturated rings. The SMILES string of the molecule is CCNC(=NCc1c(C)nn(C)c1C)N1CCN(Cc2ccc(OC)c(F)c2)CC1. The lowest BCUT2D eigenvalue weighted by Gasteiger charge is -2.36. The number of aryl methyl sites for hydroxylation is 2. The molecule has 0 atom stereocenters. The molecule has 164 valence electrons. The molecule has 2 aromatic rings. The van der Waals surface area contributed by atoms with Gasteiger partial charge in [-0.25, -0.2) is 9.38 Å². The van der Waals surface area contributed by atoms with Gasteiger partial charge in [0.15, 0.2) is 17.5 Å². The van der Waals surface area contributed by atoms with Crippen molar-refractivity contribution in [2.24, 2.45) is 12.0 Å². The van der Waals surface area contributed by atoms with Crippen molar-refractivity contribution in [2.75, 3.05) is 39.8 Å². The van der Waals surface area contributed by atoms with E-state index in [1.54, 1.807) is 12.1 Å². The van der Waals surface area contributed by atoms with Crippen LogP contribution in [0.3, 0.4) is 0 Å². The number of nitrogens with one attached hydrogen (secondary N) is 1. The molecule has 0 radical (unpaired) electrons. The van der Waals surface area contributed by atoms with E-state index in [4.69, 9.17) is 9.73 Å². The number of guanidine groups is 1. The van der Waals surface area contributed by atoms with Crippen molar-refractivity contribution >= 4 is 5.96 Å². The lowest BCUT2D eigenvalue weighted by atomic mass is 10.2. The number of methoxy groups -OCH3 is 1. The molecule has 30 heavy (non-hydrogen) atoms. The monoisotopic (exact) mass is 416 g/mol. The number of aliphatic imine (C=N–C) groups is 1. The van der Waals surface area contributed by atoms with Gasteiger partial charge in [-0.05, 0) is 38.5 Å². The lowest BCUT2D eigenvalue weighted by Crippen LogP contribution is -2.52. The number of halogens is 1. The van der Waals surface area contributed by atoms with Gasteiger partial charge in [-0.3, -0.25) is 9.58 Å². The molecule has 1 aromatic heterocycles. The number of nitrogens with zero attached hydrogens (tertiary/aromatic N) is 5. The zero-order valence-electron chi connectivity index (χ0n) is 18.7. The predicted octanol–water partition coefficient (Wildman–Crippen LogP) is 2.47. The summed E-state index contributed by atoms with van der Waals surface area (Å²) in [6.07, 6.45) is 0. The van der Waals surface area contributed by atoms with E-state index in [-0.39, 0.29) is 11.6 Å².